The Morgan fingerprint density at radius 1 is 1.47 bits per heavy atom. The molecule has 1 aromatic carbocycles. The first-order valence-electron chi connectivity index (χ1n) is 5.49. The van der Waals surface area contributed by atoms with Crippen molar-refractivity contribution in [2.24, 2.45) is 5.73 Å². The Morgan fingerprint density at radius 3 is 2.58 bits per heavy atom. The van der Waals surface area contributed by atoms with Gasteiger partial charge in [0, 0.05) is 23.2 Å². The number of nitrogens with one attached hydrogen (secondary N) is 1. The molecule has 1 rings (SSSR count). The van der Waals surface area contributed by atoms with Gasteiger partial charge >= 0.3 is 0 Å². The lowest BCUT2D eigenvalue weighted by molar-refractivity contribution is -0.118. The highest BCUT2D eigenvalue weighted by molar-refractivity contribution is 7.89. The Labute approximate surface area is 117 Å². The summed E-state index contributed by atoms with van der Waals surface area (Å²) in [6, 6.07) is 2.18. The van der Waals surface area contributed by atoms with Crippen LogP contribution in [0.4, 0.5) is 5.69 Å². The fraction of sp³-hybridized carbons (Fsp3) is 0.364. The minimum Gasteiger partial charge on any atom is -0.398 e. The van der Waals surface area contributed by atoms with Gasteiger partial charge in [-0.15, -0.1) is 0 Å². The predicted octanol–water partition coefficient (Wildman–Crippen LogP) is 0.773. The van der Waals surface area contributed by atoms with Crippen LogP contribution in [0.1, 0.15) is 18.9 Å². The number of hydrogen-bond donors (Lipinski definition) is 3. The molecule has 0 aliphatic carbocycles. The highest BCUT2D eigenvalue weighted by atomic mass is 35.5. The lowest BCUT2D eigenvalue weighted by atomic mass is 10.2. The molecule has 0 saturated heterocycles. The third kappa shape index (κ3) is 4.09. The van der Waals surface area contributed by atoms with Gasteiger partial charge in [0.25, 0.3) is 0 Å². The highest BCUT2D eigenvalue weighted by Crippen LogP contribution is 2.26. The zero-order valence-corrected chi connectivity index (χ0v) is 12.2. The van der Waals surface area contributed by atoms with Gasteiger partial charge in [-0.25, -0.2) is 13.1 Å². The topological polar surface area (TPSA) is 115 Å². The minimum atomic E-state index is -3.80. The number of primary amides is 1. The Bertz CT molecular complexity index is 601. The summed E-state index contributed by atoms with van der Waals surface area (Å²) in [7, 11) is -3.80. The van der Waals surface area contributed by atoms with Crippen LogP contribution in [0.15, 0.2) is 17.0 Å². The number of nitrogens with two attached hydrogens (primary N) is 2. The molecule has 0 fully saturated rings. The van der Waals surface area contributed by atoms with Crippen LogP contribution in [0, 0.1) is 6.92 Å². The van der Waals surface area contributed by atoms with Gasteiger partial charge in [-0.3, -0.25) is 4.79 Å². The molecule has 1 aromatic rings. The number of carbonyl (C=O) groups is 1. The van der Waals surface area contributed by atoms with Crippen molar-refractivity contribution >= 4 is 33.2 Å². The summed E-state index contributed by atoms with van der Waals surface area (Å²) in [6.07, 6.45) is -0.0890. The number of halogens is 1. The molecule has 0 aliphatic heterocycles. The van der Waals surface area contributed by atoms with E-state index in [4.69, 9.17) is 23.1 Å². The molecule has 0 radical (unpaired) electrons. The van der Waals surface area contributed by atoms with Gasteiger partial charge in [-0.1, -0.05) is 11.6 Å². The first kappa shape index (κ1) is 15.7. The van der Waals surface area contributed by atoms with E-state index in [0.29, 0.717) is 5.56 Å². The van der Waals surface area contributed by atoms with Crippen LogP contribution >= 0.6 is 11.6 Å². The summed E-state index contributed by atoms with van der Waals surface area (Å²) < 4.78 is 26.7. The van der Waals surface area contributed by atoms with Crippen LogP contribution < -0.4 is 16.2 Å². The zero-order chi connectivity index (χ0) is 14.8. The van der Waals surface area contributed by atoms with E-state index in [-0.39, 0.29) is 22.0 Å². The van der Waals surface area contributed by atoms with Crippen molar-refractivity contribution in [1.29, 1.82) is 0 Å². The second-order valence-corrected chi connectivity index (χ2v) is 6.43. The molecule has 8 heteroatoms. The van der Waals surface area contributed by atoms with Crippen molar-refractivity contribution in [2.45, 2.75) is 31.2 Å². The first-order valence-corrected chi connectivity index (χ1v) is 7.36. The molecule has 1 unspecified atom stereocenters. The Balaban J connectivity index is 3.11. The van der Waals surface area contributed by atoms with Crippen molar-refractivity contribution < 1.29 is 13.2 Å². The van der Waals surface area contributed by atoms with E-state index in [1.165, 1.54) is 12.1 Å². The molecule has 19 heavy (non-hydrogen) atoms. The van der Waals surface area contributed by atoms with Crippen LogP contribution in [0.2, 0.25) is 5.02 Å². The number of carbonyl (C=O) groups excluding carboxylic acids is 1. The van der Waals surface area contributed by atoms with Gasteiger partial charge in [-0.2, -0.15) is 0 Å². The standard InChI is InChI=1S/C11H16ClN3O3S/c1-6(3-11(14)16)15-19(17,18)10-5-8(12)4-9(13)7(10)2/h4-6,15H,3,13H2,1-2H3,(H2,14,16). The molecule has 0 bridgehead atoms. The van der Waals surface area contributed by atoms with Crippen LogP contribution in [0.5, 0.6) is 0 Å². The van der Waals surface area contributed by atoms with Crippen molar-refractivity contribution in [3.05, 3.63) is 22.7 Å². The van der Waals surface area contributed by atoms with Gasteiger partial charge in [0.15, 0.2) is 0 Å². The molecule has 1 amide bonds. The molecule has 1 atom stereocenters. The fourth-order valence-corrected chi connectivity index (χ4v) is 3.46. The van der Waals surface area contributed by atoms with Crippen molar-refractivity contribution in [3.63, 3.8) is 0 Å². The molecule has 106 valence electrons. The smallest absolute Gasteiger partial charge is 0.241 e. The highest BCUT2D eigenvalue weighted by Gasteiger charge is 2.22. The van der Waals surface area contributed by atoms with Crippen molar-refractivity contribution in [2.75, 3.05) is 5.73 Å². The molecule has 0 spiro atoms. The number of amides is 1. The number of nitrogen functional groups attached to an aromatic ring is 1. The third-order valence-electron chi connectivity index (χ3n) is 2.52. The summed E-state index contributed by atoms with van der Waals surface area (Å²) in [5.74, 6) is -0.586. The predicted molar refractivity (Wildman–Crippen MR) is 74.2 cm³/mol. The lowest BCUT2D eigenvalue weighted by Gasteiger charge is -2.15. The minimum absolute atomic E-state index is 0.00572. The summed E-state index contributed by atoms with van der Waals surface area (Å²) in [6.45, 7) is 3.13. The molecule has 0 heterocycles. The monoisotopic (exact) mass is 305 g/mol. The molecule has 0 saturated carbocycles. The fourth-order valence-electron chi connectivity index (χ4n) is 1.63. The number of anilines is 1. The first-order chi connectivity index (χ1) is 8.63. The van der Waals surface area contributed by atoms with Gasteiger partial charge < -0.3 is 11.5 Å². The average molecular weight is 306 g/mol. The second kappa shape index (κ2) is 5.77. The van der Waals surface area contributed by atoms with Crippen LogP contribution in [0.25, 0.3) is 0 Å². The molecule has 5 N–H and O–H groups in total. The van der Waals surface area contributed by atoms with Crippen LogP contribution in [-0.2, 0) is 14.8 Å². The summed E-state index contributed by atoms with van der Waals surface area (Å²) in [4.78, 5) is 10.7. The van der Waals surface area contributed by atoms with E-state index in [2.05, 4.69) is 4.72 Å². The van der Waals surface area contributed by atoms with E-state index in [1.54, 1.807) is 13.8 Å². The summed E-state index contributed by atoms with van der Waals surface area (Å²) in [5.41, 5.74) is 11.4. The van der Waals surface area contributed by atoms with Crippen LogP contribution in [0.3, 0.4) is 0 Å². The SMILES string of the molecule is Cc1c(N)cc(Cl)cc1S(=O)(=O)NC(C)CC(N)=O. The second-order valence-electron chi connectivity index (χ2n) is 4.31. The van der Waals surface area contributed by atoms with Gasteiger partial charge in [0.2, 0.25) is 15.9 Å². The van der Waals surface area contributed by atoms with E-state index in [9.17, 15) is 13.2 Å². The lowest BCUT2D eigenvalue weighted by Crippen LogP contribution is -2.36. The quantitative estimate of drug-likeness (QED) is 0.697. The largest absolute Gasteiger partial charge is 0.398 e. The summed E-state index contributed by atoms with van der Waals surface area (Å²) >= 11 is 5.80. The van der Waals surface area contributed by atoms with Crippen molar-refractivity contribution in [1.82, 2.24) is 4.72 Å². The third-order valence-corrected chi connectivity index (χ3v) is 4.45. The Kier molecular flexibility index (Phi) is 4.78. The maximum absolute atomic E-state index is 12.2. The maximum atomic E-state index is 12.2. The van der Waals surface area contributed by atoms with Gasteiger partial charge in [0.1, 0.15) is 0 Å². The number of rotatable bonds is 5. The van der Waals surface area contributed by atoms with Crippen molar-refractivity contribution in [3.8, 4) is 0 Å². The number of sulfonamides is 1. The Hall–Kier alpha value is -1.31. The van der Waals surface area contributed by atoms with E-state index >= 15 is 0 Å². The molecular formula is C11H16ClN3O3S. The van der Waals surface area contributed by atoms with E-state index in [0.717, 1.165) is 0 Å². The van der Waals surface area contributed by atoms with Gasteiger partial charge in [0.05, 0.1) is 4.90 Å². The number of hydrogen-bond acceptors (Lipinski definition) is 4. The molecule has 0 aliphatic rings. The van der Waals surface area contributed by atoms with E-state index < -0.39 is 22.0 Å². The molecular weight excluding hydrogens is 290 g/mol. The number of benzene rings is 1. The molecule has 6 nitrogen and oxygen atoms in total. The Morgan fingerprint density at radius 2 is 2.05 bits per heavy atom. The van der Waals surface area contributed by atoms with E-state index in [1.807, 2.05) is 0 Å². The van der Waals surface area contributed by atoms with Crippen LogP contribution in [-0.4, -0.2) is 20.4 Å². The molecule has 0 aromatic heterocycles. The zero-order valence-electron chi connectivity index (χ0n) is 10.6. The maximum Gasteiger partial charge on any atom is 0.241 e. The average Bonchev–Trinajstić information content (AvgIpc) is 2.20. The summed E-state index contributed by atoms with van der Waals surface area (Å²) in [5, 5.41) is 0.228. The van der Waals surface area contributed by atoms with Gasteiger partial charge in [-0.05, 0) is 31.5 Å². The normalized spacial score (nSPS) is 13.2.